The van der Waals surface area contributed by atoms with E-state index < -0.39 is 0 Å². The fourth-order valence-electron chi connectivity index (χ4n) is 4.08. The molecule has 0 unspecified atom stereocenters. The quantitative estimate of drug-likeness (QED) is 0.616. The van der Waals surface area contributed by atoms with Crippen LogP contribution in [0, 0.1) is 12.7 Å². The highest BCUT2D eigenvalue weighted by Crippen LogP contribution is 2.33. The van der Waals surface area contributed by atoms with Gasteiger partial charge < -0.3 is 0 Å². The molecule has 1 aliphatic heterocycles. The van der Waals surface area contributed by atoms with Crippen LogP contribution in [0.2, 0.25) is 0 Å². The van der Waals surface area contributed by atoms with Gasteiger partial charge in [-0.3, -0.25) is 14.6 Å². The molecule has 0 N–H and O–H groups in total. The van der Waals surface area contributed by atoms with Gasteiger partial charge >= 0.3 is 0 Å². The summed E-state index contributed by atoms with van der Waals surface area (Å²) in [5.74, 6) is -0.208. The maximum atomic E-state index is 13.3. The minimum atomic E-state index is -0.208. The Morgan fingerprint density at radius 3 is 2.68 bits per heavy atom. The molecule has 28 heavy (non-hydrogen) atoms. The largest absolute Gasteiger partial charge is 0.290 e. The molecule has 4 rings (SSSR count). The molecule has 146 valence electrons. The van der Waals surface area contributed by atoms with Crippen molar-refractivity contribution in [2.24, 2.45) is 0 Å². The lowest BCUT2D eigenvalue weighted by molar-refractivity contribution is 0.137. The summed E-state index contributed by atoms with van der Waals surface area (Å²) in [4.78, 5) is 7.40. The second-order valence-corrected chi connectivity index (χ2v) is 7.62. The Morgan fingerprint density at radius 2 is 1.93 bits per heavy atom. The standard InChI is InChI=1S/C23H27FN4/c1-3-28-16-18(14-25-28)15-27-11-5-4-6-23(27)22-13-20(12-17(2)26-22)19-7-9-21(24)10-8-19/h7-10,12-14,16,23H,3-6,11,15H2,1-2H3/t23-/m1/s1. The van der Waals surface area contributed by atoms with E-state index in [1.807, 2.05) is 29.9 Å². The number of halogens is 1. The summed E-state index contributed by atoms with van der Waals surface area (Å²) in [6.45, 7) is 7.00. The lowest BCUT2D eigenvalue weighted by Crippen LogP contribution is -2.33. The molecule has 0 saturated carbocycles. The third-order valence-corrected chi connectivity index (χ3v) is 5.50. The first kappa shape index (κ1) is 18.8. The van der Waals surface area contributed by atoms with Crippen LogP contribution in [0.5, 0.6) is 0 Å². The number of nitrogens with zero attached hydrogens (tertiary/aromatic N) is 4. The van der Waals surface area contributed by atoms with Crippen molar-refractivity contribution in [2.45, 2.75) is 52.2 Å². The van der Waals surface area contributed by atoms with Crippen molar-refractivity contribution in [3.05, 3.63) is 71.6 Å². The molecule has 1 aliphatic rings. The number of benzene rings is 1. The van der Waals surface area contributed by atoms with Gasteiger partial charge in [-0.2, -0.15) is 5.10 Å². The third kappa shape index (κ3) is 4.14. The van der Waals surface area contributed by atoms with Gasteiger partial charge in [-0.15, -0.1) is 0 Å². The highest BCUT2D eigenvalue weighted by Gasteiger charge is 2.26. The number of aryl methyl sites for hydroxylation is 2. The van der Waals surface area contributed by atoms with Gasteiger partial charge in [-0.1, -0.05) is 18.6 Å². The third-order valence-electron chi connectivity index (χ3n) is 5.50. The number of pyridine rings is 1. The molecule has 0 spiro atoms. The van der Waals surface area contributed by atoms with Gasteiger partial charge in [0.25, 0.3) is 0 Å². The van der Waals surface area contributed by atoms with Crippen molar-refractivity contribution >= 4 is 0 Å². The van der Waals surface area contributed by atoms with Crippen LogP contribution in [0.1, 0.15) is 49.2 Å². The van der Waals surface area contributed by atoms with Crippen molar-refractivity contribution < 1.29 is 4.39 Å². The number of piperidine rings is 1. The minimum absolute atomic E-state index is 0.208. The number of likely N-dealkylation sites (tertiary alicyclic amines) is 1. The average molecular weight is 378 g/mol. The first-order chi connectivity index (χ1) is 13.6. The van der Waals surface area contributed by atoms with E-state index in [-0.39, 0.29) is 5.82 Å². The second kappa shape index (κ2) is 8.23. The van der Waals surface area contributed by atoms with Gasteiger partial charge in [-0.05, 0) is 68.6 Å². The zero-order valence-electron chi connectivity index (χ0n) is 16.6. The van der Waals surface area contributed by atoms with Crippen LogP contribution in [0.3, 0.4) is 0 Å². The van der Waals surface area contributed by atoms with E-state index in [1.165, 1.54) is 30.5 Å². The molecule has 0 aliphatic carbocycles. The summed E-state index contributed by atoms with van der Waals surface area (Å²) in [7, 11) is 0. The molecule has 5 heteroatoms. The van der Waals surface area contributed by atoms with Crippen molar-refractivity contribution in [1.82, 2.24) is 19.7 Å². The van der Waals surface area contributed by atoms with E-state index in [0.717, 1.165) is 48.6 Å². The molecule has 0 bridgehead atoms. The van der Waals surface area contributed by atoms with Crippen LogP contribution >= 0.6 is 0 Å². The van der Waals surface area contributed by atoms with E-state index in [2.05, 4.69) is 35.3 Å². The number of aromatic nitrogens is 3. The number of hydrogen-bond donors (Lipinski definition) is 0. The molecule has 2 aromatic heterocycles. The monoisotopic (exact) mass is 378 g/mol. The fraction of sp³-hybridized carbons (Fsp3) is 0.391. The molecular formula is C23H27FN4. The summed E-state index contributed by atoms with van der Waals surface area (Å²) in [6.07, 6.45) is 7.66. The van der Waals surface area contributed by atoms with Gasteiger partial charge in [-0.25, -0.2) is 4.39 Å². The predicted molar refractivity (Wildman–Crippen MR) is 109 cm³/mol. The molecule has 1 aromatic carbocycles. The van der Waals surface area contributed by atoms with Gasteiger partial charge in [0.2, 0.25) is 0 Å². The Morgan fingerprint density at radius 1 is 1.11 bits per heavy atom. The predicted octanol–water partition coefficient (Wildman–Crippen LogP) is 5.14. The fourth-order valence-corrected chi connectivity index (χ4v) is 4.08. The highest BCUT2D eigenvalue weighted by molar-refractivity contribution is 5.64. The van der Waals surface area contributed by atoms with Crippen molar-refractivity contribution in [1.29, 1.82) is 0 Å². The molecule has 1 saturated heterocycles. The Labute approximate surface area is 166 Å². The summed E-state index contributed by atoms with van der Waals surface area (Å²) in [5.41, 5.74) is 5.50. The van der Waals surface area contributed by atoms with E-state index in [1.54, 1.807) is 0 Å². The van der Waals surface area contributed by atoms with Gasteiger partial charge in [0, 0.05) is 30.5 Å². The number of hydrogen-bond acceptors (Lipinski definition) is 3. The van der Waals surface area contributed by atoms with E-state index in [0.29, 0.717) is 6.04 Å². The van der Waals surface area contributed by atoms with E-state index >= 15 is 0 Å². The molecule has 1 fully saturated rings. The average Bonchev–Trinajstić information content (AvgIpc) is 3.16. The first-order valence-corrected chi connectivity index (χ1v) is 10.1. The minimum Gasteiger partial charge on any atom is -0.290 e. The number of rotatable bonds is 5. The smallest absolute Gasteiger partial charge is 0.123 e. The second-order valence-electron chi connectivity index (χ2n) is 7.62. The van der Waals surface area contributed by atoms with Crippen LogP contribution in [-0.2, 0) is 13.1 Å². The van der Waals surface area contributed by atoms with Crippen LogP contribution < -0.4 is 0 Å². The summed E-state index contributed by atoms with van der Waals surface area (Å²) in [5, 5.41) is 4.42. The lowest BCUT2D eigenvalue weighted by Gasteiger charge is -2.35. The molecule has 0 radical (unpaired) electrons. The Balaban J connectivity index is 1.62. The van der Waals surface area contributed by atoms with Crippen LogP contribution in [-0.4, -0.2) is 26.2 Å². The molecule has 0 amide bonds. The Bertz CT molecular complexity index is 932. The molecular weight excluding hydrogens is 351 g/mol. The normalized spacial score (nSPS) is 17.8. The molecule has 1 atom stereocenters. The van der Waals surface area contributed by atoms with Crippen molar-refractivity contribution in [2.75, 3.05) is 6.54 Å². The van der Waals surface area contributed by atoms with E-state index in [9.17, 15) is 4.39 Å². The molecule has 3 aromatic rings. The van der Waals surface area contributed by atoms with Crippen molar-refractivity contribution in [3.8, 4) is 11.1 Å². The summed E-state index contributed by atoms with van der Waals surface area (Å²) in [6, 6.07) is 11.3. The maximum absolute atomic E-state index is 13.3. The molecule has 4 nitrogen and oxygen atoms in total. The Kier molecular flexibility index (Phi) is 5.53. The SMILES string of the molecule is CCn1cc(CN2CCCC[C@@H]2c2cc(-c3ccc(F)cc3)cc(C)n2)cn1. The molecule has 3 heterocycles. The lowest BCUT2D eigenvalue weighted by atomic mass is 9.95. The summed E-state index contributed by atoms with van der Waals surface area (Å²) < 4.78 is 15.3. The highest BCUT2D eigenvalue weighted by atomic mass is 19.1. The topological polar surface area (TPSA) is 34.0 Å². The van der Waals surface area contributed by atoms with Crippen LogP contribution in [0.15, 0.2) is 48.8 Å². The van der Waals surface area contributed by atoms with Gasteiger partial charge in [0.1, 0.15) is 5.82 Å². The zero-order chi connectivity index (χ0) is 19.5. The zero-order valence-corrected chi connectivity index (χ0v) is 16.6. The first-order valence-electron chi connectivity index (χ1n) is 10.1. The summed E-state index contributed by atoms with van der Waals surface area (Å²) >= 11 is 0. The Hall–Kier alpha value is -2.53. The van der Waals surface area contributed by atoms with Gasteiger partial charge in [0.15, 0.2) is 0 Å². The van der Waals surface area contributed by atoms with E-state index in [4.69, 9.17) is 4.98 Å². The van der Waals surface area contributed by atoms with Gasteiger partial charge in [0.05, 0.1) is 17.9 Å². The van der Waals surface area contributed by atoms with Crippen LogP contribution in [0.4, 0.5) is 4.39 Å². The van der Waals surface area contributed by atoms with Crippen molar-refractivity contribution in [3.63, 3.8) is 0 Å². The van der Waals surface area contributed by atoms with Crippen LogP contribution in [0.25, 0.3) is 11.1 Å². The maximum Gasteiger partial charge on any atom is 0.123 e.